The van der Waals surface area contributed by atoms with Crippen molar-refractivity contribution in [3.63, 3.8) is 0 Å². The number of ketones is 1. The second-order valence-electron chi connectivity index (χ2n) is 4.89. The second-order valence-corrected chi connectivity index (χ2v) is 5.32. The van der Waals surface area contributed by atoms with E-state index in [4.69, 9.17) is 16.3 Å². The number of hydrogen-bond donors (Lipinski definition) is 0. The fraction of sp³-hybridized carbons (Fsp3) is 0.312. The van der Waals surface area contributed by atoms with E-state index in [0.717, 1.165) is 22.5 Å². The molecule has 2 rings (SSSR count). The summed E-state index contributed by atoms with van der Waals surface area (Å²) in [5.74, 6) is 0.0140. The SMILES string of the molecule is Cc1cc(C(=O)COCc2ccc(Cl)cc2)c(C)n1C. The molecule has 1 aromatic carbocycles. The maximum Gasteiger partial charge on any atom is 0.190 e. The van der Waals surface area contributed by atoms with E-state index in [1.807, 2.05) is 55.8 Å². The number of carbonyl (C=O) groups excluding carboxylic acids is 1. The highest BCUT2D eigenvalue weighted by atomic mass is 35.5. The number of aromatic nitrogens is 1. The number of benzene rings is 1. The minimum Gasteiger partial charge on any atom is -0.369 e. The Hall–Kier alpha value is -1.58. The van der Waals surface area contributed by atoms with Crippen molar-refractivity contribution in [2.24, 2.45) is 7.05 Å². The van der Waals surface area contributed by atoms with Crippen LogP contribution in [0.15, 0.2) is 30.3 Å². The molecule has 3 nitrogen and oxygen atoms in total. The molecule has 2 aromatic rings. The van der Waals surface area contributed by atoms with Gasteiger partial charge in [0, 0.05) is 29.0 Å². The average Bonchev–Trinajstić information content (AvgIpc) is 2.69. The lowest BCUT2D eigenvalue weighted by molar-refractivity contribution is 0.0726. The largest absolute Gasteiger partial charge is 0.369 e. The molecule has 1 aromatic heterocycles. The highest BCUT2D eigenvalue weighted by Gasteiger charge is 2.13. The molecule has 1 heterocycles. The molecule has 0 N–H and O–H groups in total. The van der Waals surface area contributed by atoms with Crippen LogP contribution in [-0.4, -0.2) is 17.0 Å². The zero-order valence-electron chi connectivity index (χ0n) is 11.9. The van der Waals surface area contributed by atoms with Gasteiger partial charge in [-0.3, -0.25) is 4.79 Å². The first kappa shape index (κ1) is 14.8. The minimum atomic E-state index is 0.0140. The molecule has 0 aliphatic heterocycles. The molecular weight excluding hydrogens is 274 g/mol. The highest BCUT2D eigenvalue weighted by Crippen LogP contribution is 2.15. The maximum atomic E-state index is 12.1. The molecule has 4 heteroatoms. The molecule has 0 saturated heterocycles. The number of nitrogens with zero attached hydrogens (tertiary/aromatic N) is 1. The van der Waals surface area contributed by atoms with Crippen LogP contribution < -0.4 is 0 Å². The third-order valence-electron chi connectivity index (χ3n) is 3.49. The van der Waals surface area contributed by atoms with Crippen LogP contribution in [0.1, 0.15) is 27.3 Å². The van der Waals surface area contributed by atoms with Crippen LogP contribution in [0.4, 0.5) is 0 Å². The molecule has 0 radical (unpaired) electrons. The standard InChI is InChI=1S/C16H18ClNO2/c1-11-8-15(12(2)18(11)3)16(19)10-20-9-13-4-6-14(17)7-5-13/h4-8H,9-10H2,1-3H3. The van der Waals surface area contributed by atoms with Gasteiger partial charge in [0.15, 0.2) is 5.78 Å². The van der Waals surface area contributed by atoms with Crippen LogP contribution >= 0.6 is 11.6 Å². The monoisotopic (exact) mass is 291 g/mol. The van der Waals surface area contributed by atoms with Crippen LogP contribution in [0.2, 0.25) is 5.02 Å². The molecule has 106 valence electrons. The van der Waals surface area contributed by atoms with Crippen molar-refractivity contribution in [1.82, 2.24) is 4.57 Å². The van der Waals surface area contributed by atoms with Crippen molar-refractivity contribution in [2.75, 3.05) is 6.61 Å². The molecule has 0 unspecified atom stereocenters. The van der Waals surface area contributed by atoms with Crippen molar-refractivity contribution in [1.29, 1.82) is 0 Å². The quantitative estimate of drug-likeness (QED) is 0.787. The van der Waals surface area contributed by atoms with E-state index in [1.54, 1.807) is 0 Å². The van der Waals surface area contributed by atoms with E-state index in [9.17, 15) is 4.79 Å². The van der Waals surface area contributed by atoms with E-state index >= 15 is 0 Å². The lowest BCUT2D eigenvalue weighted by atomic mass is 10.1. The highest BCUT2D eigenvalue weighted by molar-refractivity contribution is 6.30. The van der Waals surface area contributed by atoms with Crippen LogP contribution in [0.5, 0.6) is 0 Å². The number of ether oxygens (including phenoxy) is 1. The molecule has 0 saturated carbocycles. The first-order valence-corrected chi connectivity index (χ1v) is 6.85. The van der Waals surface area contributed by atoms with Gasteiger partial charge in [0.05, 0.1) is 6.61 Å². The fourth-order valence-corrected chi connectivity index (χ4v) is 2.18. The van der Waals surface area contributed by atoms with Crippen LogP contribution in [0, 0.1) is 13.8 Å². The van der Waals surface area contributed by atoms with E-state index in [2.05, 4.69) is 0 Å². The van der Waals surface area contributed by atoms with Gasteiger partial charge in [-0.25, -0.2) is 0 Å². The Kier molecular flexibility index (Phi) is 4.63. The number of aryl methyl sites for hydroxylation is 1. The molecule has 20 heavy (non-hydrogen) atoms. The van der Waals surface area contributed by atoms with Gasteiger partial charge >= 0.3 is 0 Å². The van der Waals surface area contributed by atoms with Crippen LogP contribution in [-0.2, 0) is 18.4 Å². The summed E-state index contributed by atoms with van der Waals surface area (Å²) in [5.41, 5.74) is 3.79. The summed E-state index contributed by atoms with van der Waals surface area (Å²) in [4.78, 5) is 12.1. The lowest BCUT2D eigenvalue weighted by Gasteiger charge is -2.05. The van der Waals surface area contributed by atoms with E-state index in [1.165, 1.54) is 0 Å². The molecule has 0 amide bonds. The molecule has 0 atom stereocenters. The lowest BCUT2D eigenvalue weighted by Crippen LogP contribution is -2.10. The van der Waals surface area contributed by atoms with E-state index in [-0.39, 0.29) is 12.4 Å². The Morgan fingerprint density at radius 1 is 1.25 bits per heavy atom. The van der Waals surface area contributed by atoms with Gasteiger partial charge in [-0.1, -0.05) is 23.7 Å². The summed E-state index contributed by atoms with van der Waals surface area (Å²) in [7, 11) is 1.95. The third-order valence-corrected chi connectivity index (χ3v) is 3.74. The number of Topliss-reactive ketones (excluding diaryl/α,β-unsaturated/α-hetero) is 1. The Balaban J connectivity index is 1.92. The Labute approximate surface area is 124 Å². The Bertz CT molecular complexity index is 614. The summed E-state index contributed by atoms with van der Waals surface area (Å²) in [5, 5.41) is 0.695. The van der Waals surface area contributed by atoms with Crippen molar-refractivity contribution in [2.45, 2.75) is 20.5 Å². The molecule has 0 fully saturated rings. The smallest absolute Gasteiger partial charge is 0.190 e. The van der Waals surface area contributed by atoms with Crippen LogP contribution in [0.3, 0.4) is 0 Å². The van der Waals surface area contributed by atoms with E-state index < -0.39 is 0 Å². The summed E-state index contributed by atoms with van der Waals surface area (Å²) in [6, 6.07) is 9.32. The van der Waals surface area contributed by atoms with Gasteiger partial charge in [0.25, 0.3) is 0 Å². The van der Waals surface area contributed by atoms with Crippen molar-refractivity contribution < 1.29 is 9.53 Å². The average molecular weight is 292 g/mol. The molecule has 0 spiro atoms. The van der Waals surface area contributed by atoms with Gasteiger partial charge in [-0.2, -0.15) is 0 Å². The van der Waals surface area contributed by atoms with Gasteiger partial charge in [-0.05, 0) is 37.6 Å². The first-order valence-electron chi connectivity index (χ1n) is 6.47. The van der Waals surface area contributed by atoms with Gasteiger partial charge in [-0.15, -0.1) is 0 Å². The Morgan fingerprint density at radius 2 is 1.90 bits per heavy atom. The number of halogens is 1. The van der Waals surface area contributed by atoms with Crippen molar-refractivity contribution in [3.05, 3.63) is 57.9 Å². The Morgan fingerprint density at radius 3 is 2.45 bits per heavy atom. The molecule has 0 aliphatic rings. The second kappa shape index (κ2) is 6.25. The number of carbonyl (C=O) groups is 1. The normalized spacial score (nSPS) is 10.8. The van der Waals surface area contributed by atoms with Crippen molar-refractivity contribution in [3.8, 4) is 0 Å². The van der Waals surface area contributed by atoms with Crippen molar-refractivity contribution >= 4 is 17.4 Å². The third kappa shape index (κ3) is 3.30. The molecule has 0 aliphatic carbocycles. The molecular formula is C16H18ClNO2. The maximum absolute atomic E-state index is 12.1. The van der Waals surface area contributed by atoms with Gasteiger partial charge in [0.2, 0.25) is 0 Å². The predicted octanol–water partition coefficient (Wildman–Crippen LogP) is 3.69. The zero-order valence-corrected chi connectivity index (χ0v) is 12.7. The van der Waals surface area contributed by atoms with Gasteiger partial charge < -0.3 is 9.30 Å². The summed E-state index contributed by atoms with van der Waals surface area (Å²) in [6.45, 7) is 4.43. The topological polar surface area (TPSA) is 31.2 Å². The number of rotatable bonds is 5. The first-order chi connectivity index (χ1) is 9.49. The van der Waals surface area contributed by atoms with E-state index in [0.29, 0.717) is 11.6 Å². The molecule has 0 bridgehead atoms. The predicted molar refractivity (Wildman–Crippen MR) is 80.3 cm³/mol. The van der Waals surface area contributed by atoms with Crippen LogP contribution in [0.25, 0.3) is 0 Å². The zero-order chi connectivity index (χ0) is 14.7. The fourth-order valence-electron chi connectivity index (χ4n) is 2.06. The summed E-state index contributed by atoms with van der Waals surface area (Å²) >= 11 is 5.81. The number of hydrogen-bond acceptors (Lipinski definition) is 2. The summed E-state index contributed by atoms with van der Waals surface area (Å²) < 4.78 is 7.48. The van der Waals surface area contributed by atoms with Gasteiger partial charge in [0.1, 0.15) is 6.61 Å². The summed E-state index contributed by atoms with van der Waals surface area (Å²) in [6.07, 6.45) is 0. The minimum absolute atomic E-state index is 0.0140.